The Balaban J connectivity index is 1.30. The van der Waals surface area contributed by atoms with E-state index in [9.17, 15) is 4.79 Å². The highest BCUT2D eigenvalue weighted by atomic mass is 16.6. The summed E-state index contributed by atoms with van der Waals surface area (Å²) in [6, 6.07) is 13.8. The fraction of sp³-hybridized carbons (Fsp3) is 0.333. The minimum atomic E-state index is -0.0221. The van der Waals surface area contributed by atoms with Crippen LogP contribution < -0.4 is 14.8 Å². The molecule has 1 atom stereocenters. The molecule has 0 spiro atoms. The first-order valence-electron chi connectivity index (χ1n) is 9.66. The smallest absolute Gasteiger partial charge is 0.275 e. The molecule has 2 aliphatic heterocycles. The van der Waals surface area contributed by atoms with Crippen molar-refractivity contribution in [1.82, 2.24) is 15.1 Å². The molecule has 1 fully saturated rings. The molecule has 2 N–H and O–H groups in total. The van der Waals surface area contributed by atoms with E-state index in [1.807, 2.05) is 47.4 Å². The highest BCUT2D eigenvalue weighted by molar-refractivity contribution is 6.04. The van der Waals surface area contributed by atoms with Gasteiger partial charge in [-0.25, -0.2) is 0 Å². The lowest BCUT2D eigenvalue weighted by Gasteiger charge is -2.33. The van der Waals surface area contributed by atoms with Gasteiger partial charge in [0.05, 0.1) is 5.52 Å². The van der Waals surface area contributed by atoms with E-state index in [0.717, 1.165) is 47.5 Å². The molecule has 2 aliphatic rings. The highest BCUT2D eigenvalue weighted by Gasteiger charge is 2.27. The van der Waals surface area contributed by atoms with E-state index in [-0.39, 0.29) is 11.9 Å². The summed E-state index contributed by atoms with van der Waals surface area (Å²) in [5.41, 5.74) is 2.36. The van der Waals surface area contributed by atoms with Gasteiger partial charge < -0.3 is 19.7 Å². The Morgan fingerprint density at radius 2 is 2.00 bits per heavy atom. The van der Waals surface area contributed by atoms with Crippen LogP contribution in [0, 0.1) is 0 Å². The van der Waals surface area contributed by atoms with Crippen molar-refractivity contribution < 1.29 is 14.3 Å². The van der Waals surface area contributed by atoms with Crippen LogP contribution in [0.1, 0.15) is 23.3 Å². The molecule has 1 aromatic heterocycles. The van der Waals surface area contributed by atoms with Crippen LogP contribution in [-0.2, 0) is 0 Å². The summed E-state index contributed by atoms with van der Waals surface area (Å²) >= 11 is 0. The summed E-state index contributed by atoms with van der Waals surface area (Å²) in [6.07, 6.45) is 1.97. The van der Waals surface area contributed by atoms with E-state index >= 15 is 0 Å². The molecule has 7 nitrogen and oxygen atoms in total. The fourth-order valence-electron chi connectivity index (χ4n) is 3.92. The number of para-hydroxylation sites is 1. The Kier molecular flexibility index (Phi) is 4.27. The monoisotopic (exact) mass is 378 g/mol. The Bertz CT molecular complexity index is 1020. The van der Waals surface area contributed by atoms with Crippen LogP contribution in [0.25, 0.3) is 10.9 Å². The maximum Gasteiger partial charge on any atom is 0.275 e. The number of benzene rings is 2. The molecule has 144 valence electrons. The van der Waals surface area contributed by atoms with E-state index in [4.69, 9.17) is 9.47 Å². The van der Waals surface area contributed by atoms with Crippen molar-refractivity contribution >= 4 is 22.5 Å². The lowest BCUT2D eigenvalue weighted by molar-refractivity contribution is 0.0710. The number of aromatic amines is 1. The zero-order chi connectivity index (χ0) is 18.9. The van der Waals surface area contributed by atoms with E-state index in [2.05, 4.69) is 15.5 Å². The Morgan fingerprint density at radius 3 is 2.93 bits per heavy atom. The number of anilines is 1. The molecule has 0 radical (unpaired) electrons. The summed E-state index contributed by atoms with van der Waals surface area (Å²) in [4.78, 5) is 14.9. The number of hydrogen-bond donors (Lipinski definition) is 2. The van der Waals surface area contributed by atoms with Gasteiger partial charge >= 0.3 is 0 Å². The number of fused-ring (bicyclic) bond motifs is 2. The topological polar surface area (TPSA) is 79.5 Å². The molecule has 5 rings (SSSR count). The van der Waals surface area contributed by atoms with Gasteiger partial charge in [0.25, 0.3) is 5.91 Å². The molecule has 0 bridgehead atoms. The normalized spacial score (nSPS) is 18.9. The number of nitrogens with one attached hydrogen (secondary N) is 2. The van der Waals surface area contributed by atoms with Gasteiger partial charge in [-0.2, -0.15) is 5.10 Å². The predicted molar refractivity (Wildman–Crippen MR) is 106 cm³/mol. The fourth-order valence-corrected chi connectivity index (χ4v) is 3.92. The van der Waals surface area contributed by atoms with Crippen LogP contribution in [0.15, 0.2) is 42.5 Å². The summed E-state index contributed by atoms with van der Waals surface area (Å²) in [5.74, 6) is 1.52. The molecule has 28 heavy (non-hydrogen) atoms. The number of carbonyl (C=O) groups is 1. The van der Waals surface area contributed by atoms with Crippen LogP contribution in [0.3, 0.4) is 0 Å². The van der Waals surface area contributed by atoms with Crippen molar-refractivity contribution in [1.29, 1.82) is 0 Å². The molecule has 1 saturated heterocycles. The predicted octanol–water partition coefficient (Wildman–Crippen LogP) is 3.05. The van der Waals surface area contributed by atoms with Gasteiger partial charge in [-0.15, -0.1) is 0 Å². The number of nitrogens with zero attached hydrogens (tertiary/aromatic N) is 2. The minimum Gasteiger partial charge on any atom is -0.486 e. The number of carbonyl (C=O) groups excluding carboxylic acids is 1. The molecule has 3 heterocycles. The molecule has 0 aliphatic carbocycles. The molecule has 0 saturated carbocycles. The highest BCUT2D eigenvalue weighted by Crippen LogP contribution is 2.33. The zero-order valence-electron chi connectivity index (χ0n) is 15.5. The summed E-state index contributed by atoms with van der Waals surface area (Å²) in [6.45, 7) is 2.55. The molecule has 1 amide bonds. The van der Waals surface area contributed by atoms with Gasteiger partial charge in [0.15, 0.2) is 17.2 Å². The van der Waals surface area contributed by atoms with Crippen molar-refractivity contribution in [3.63, 3.8) is 0 Å². The van der Waals surface area contributed by atoms with Gasteiger partial charge in [-0.05, 0) is 31.0 Å². The van der Waals surface area contributed by atoms with Crippen LogP contribution >= 0.6 is 0 Å². The van der Waals surface area contributed by atoms with E-state index in [1.54, 1.807) is 0 Å². The van der Waals surface area contributed by atoms with E-state index in [1.165, 1.54) is 0 Å². The van der Waals surface area contributed by atoms with Gasteiger partial charge in [0.2, 0.25) is 0 Å². The summed E-state index contributed by atoms with van der Waals surface area (Å²) in [5, 5.41) is 11.6. The molecule has 0 unspecified atom stereocenters. The van der Waals surface area contributed by atoms with Crippen LogP contribution in [0.2, 0.25) is 0 Å². The van der Waals surface area contributed by atoms with Crippen molar-refractivity contribution in [3.05, 3.63) is 48.2 Å². The van der Waals surface area contributed by atoms with Gasteiger partial charge in [-0.1, -0.05) is 18.2 Å². The van der Waals surface area contributed by atoms with Crippen molar-refractivity contribution in [3.8, 4) is 11.5 Å². The first-order chi connectivity index (χ1) is 13.8. The van der Waals surface area contributed by atoms with Gasteiger partial charge in [-0.3, -0.25) is 9.89 Å². The van der Waals surface area contributed by atoms with Crippen molar-refractivity contribution in [2.24, 2.45) is 0 Å². The number of aromatic nitrogens is 2. The Hall–Kier alpha value is -3.22. The second-order valence-electron chi connectivity index (χ2n) is 7.21. The standard InChI is InChI=1S/C21H22N4O3/c26-21(20-16-5-1-2-6-17(16)23-24-20)25-9-3-4-15(13-25)22-14-7-8-18-19(12-14)28-11-10-27-18/h1-2,5-8,12,15,22H,3-4,9-11,13H2,(H,23,24)/t15-/m1/s1. The number of H-pyrrole nitrogens is 1. The number of amides is 1. The minimum absolute atomic E-state index is 0.0221. The SMILES string of the molecule is O=C(c1n[nH]c2ccccc12)N1CCC[C@@H](Nc2ccc3c(c2)OCCO3)C1. The molecule has 7 heteroatoms. The first-order valence-corrected chi connectivity index (χ1v) is 9.66. The third kappa shape index (κ3) is 3.13. The van der Waals surface area contributed by atoms with Gasteiger partial charge in [0, 0.05) is 36.3 Å². The summed E-state index contributed by atoms with van der Waals surface area (Å²) < 4.78 is 11.2. The summed E-state index contributed by atoms with van der Waals surface area (Å²) in [7, 11) is 0. The van der Waals surface area contributed by atoms with Crippen LogP contribution in [0.4, 0.5) is 5.69 Å². The number of hydrogen-bond acceptors (Lipinski definition) is 5. The van der Waals surface area contributed by atoms with Gasteiger partial charge in [0.1, 0.15) is 13.2 Å². The zero-order valence-corrected chi connectivity index (χ0v) is 15.5. The van der Waals surface area contributed by atoms with Crippen molar-refractivity contribution in [2.45, 2.75) is 18.9 Å². The lowest BCUT2D eigenvalue weighted by atomic mass is 10.0. The number of ether oxygens (including phenoxy) is 2. The third-order valence-electron chi connectivity index (χ3n) is 5.29. The maximum atomic E-state index is 13.0. The lowest BCUT2D eigenvalue weighted by Crippen LogP contribution is -2.45. The van der Waals surface area contributed by atoms with Crippen LogP contribution in [-0.4, -0.2) is 53.3 Å². The van der Waals surface area contributed by atoms with E-state index in [0.29, 0.717) is 25.5 Å². The second-order valence-corrected chi connectivity index (χ2v) is 7.21. The molecular weight excluding hydrogens is 356 g/mol. The molecule has 3 aromatic rings. The molecule has 2 aromatic carbocycles. The average molecular weight is 378 g/mol. The third-order valence-corrected chi connectivity index (χ3v) is 5.29. The average Bonchev–Trinajstić information content (AvgIpc) is 3.17. The number of rotatable bonds is 3. The number of piperidine rings is 1. The maximum absolute atomic E-state index is 13.0. The van der Waals surface area contributed by atoms with E-state index < -0.39 is 0 Å². The Labute approximate surface area is 162 Å². The van der Waals surface area contributed by atoms with Crippen LogP contribution in [0.5, 0.6) is 11.5 Å². The van der Waals surface area contributed by atoms with Crippen molar-refractivity contribution in [2.75, 3.05) is 31.6 Å². The molecular formula is C21H22N4O3. The first kappa shape index (κ1) is 16.9. The number of likely N-dealkylation sites (tertiary alicyclic amines) is 1. The largest absolute Gasteiger partial charge is 0.486 e. The quantitative estimate of drug-likeness (QED) is 0.732. The Morgan fingerprint density at radius 1 is 1.14 bits per heavy atom. The second kappa shape index (κ2) is 7.07.